The maximum Gasteiger partial charge on any atom is 0.328 e. The molecular formula is C12H15ClN4O2. The van der Waals surface area contributed by atoms with Crippen molar-refractivity contribution in [3.63, 3.8) is 0 Å². The number of benzene rings is 1. The van der Waals surface area contributed by atoms with Gasteiger partial charge in [-0.3, -0.25) is 0 Å². The lowest BCUT2D eigenvalue weighted by molar-refractivity contribution is -0.131. The van der Waals surface area contributed by atoms with E-state index >= 15 is 0 Å². The van der Waals surface area contributed by atoms with Crippen LogP contribution in [0.4, 0.5) is 0 Å². The molecule has 1 aromatic rings. The van der Waals surface area contributed by atoms with Crippen molar-refractivity contribution in [2.75, 3.05) is 0 Å². The van der Waals surface area contributed by atoms with E-state index in [9.17, 15) is 4.79 Å². The first kappa shape index (κ1) is 15.0. The molecule has 7 heteroatoms. The number of hydrogen-bond donors (Lipinski definition) is 3. The minimum Gasteiger partial charge on any atom is -0.478 e. The predicted molar refractivity (Wildman–Crippen MR) is 75.1 cm³/mol. The third-order valence-electron chi connectivity index (χ3n) is 2.13. The van der Waals surface area contributed by atoms with Crippen LogP contribution >= 0.6 is 11.6 Å². The van der Waals surface area contributed by atoms with Gasteiger partial charge in [0, 0.05) is 11.1 Å². The molecule has 0 unspecified atom stereocenters. The molecule has 0 fully saturated rings. The number of halogens is 1. The Labute approximate surface area is 115 Å². The highest BCUT2D eigenvalue weighted by Gasteiger charge is 2.05. The van der Waals surface area contributed by atoms with Gasteiger partial charge in [0.05, 0.1) is 6.54 Å². The summed E-state index contributed by atoms with van der Waals surface area (Å²) in [6.07, 6.45) is 2.52. The number of hydrazone groups is 1. The van der Waals surface area contributed by atoms with E-state index < -0.39 is 5.97 Å². The third kappa shape index (κ3) is 5.41. The second-order valence-electron chi connectivity index (χ2n) is 3.85. The van der Waals surface area contributed by atoms with Crippen LogP contribution in [0.2, 0.25) is 5.02 Å². The van der Waals surface area contributed by atoms with Crippen molar-refractivity contribution >= 4 is 29.5 Å². The zero-order valence-electron chi connectivity index (χ0n) is 10.4. The van der Waals surface area contributed by atoms with E-state index in [0.29, 0.717) is 16.4 Å². The molecule has 0 aliphatic rings. The highest BCUT2D eigenvalue weighted by atomic mass is 35.5. The number of carboxylic acid groups (broad SMARTS) is 1. The van der Waals surface area contributed by atoms with Crippen LogP contribution in [0.3, 0.4) is 0 Å². The molecule has 0 saturated heterocycles. The summed E-state index contributed by atoms with van der Waals surface area (Å²) < 4.78 is 0. The van der Waals surface area contributed by atoms with Gasteiger partial charge in [0.15, 0.2) is 0 Å². The van der Waals surface area contributed by atoms with Crippen molar-refractivity contribution in [2.45, 2.75) is 13.5 Å². The summed E-state index contributed by atoms with van der Waals surface area (Å²) in [5.74, 6) is 4.96. The molecule has 0 radical (unpaired) electrons. The Hall–Kier alpha value is -2.05. The first-order valence-electron chi connectivity index (χ1n) is 5.41. The van der Waals surface area contributed by atoms with Gasteiger partial charge in [-0.1, -0.05) is 17.7 Å². The van der Waals surface area contributed by atoms with Crippen LogP contribution in [-0.4, -0.2) is 22.0 Å². The zero-order valence-corrected chi connectivity index (χ0v) is 11.1. The number of rotatable bonds is 5. The summed E-state index contributed by atoms with van der Waals surface area (Å²) in [4.78, 5) is 10.5. The molecule has 102 valence electrons. The topological polar surface area (TPSA) is 105 Å². The average molecular weight is 283 g/mol. The third-order valence-corrected chi connectivity index (χ3v) is 2.36. The van der Waals surface area contributed by atoms with Crippen LogP contribution in [0, 0.1) is 0 Å². The zero-order chi connectivity index (χ0) is 14.4. The summed E-state index contributed by atoms with van der Waals surface area (Å²) in [5, 5.41) is 14.2. The largest absolute Gasteiger partial charge is 0.478 e. The van der Waals surface area contributed by atoms with Gasteiger partial charge < -0.3 is 10.8 Å². The molecule has 0 aliphatic carbocycles. The Morgan fingerprint density at radius 3 is 2.84 bits per heavy atom. The first-order chi connectivity index (χ1) is 8.88. The van der Waals surface area contributed by atoms with Crippen LogP contribution in [0.15, 0.2) is 29.4 Å². The van der Waals surface area contributed by atoms with Crippen molar-refractivity contribution in [3.05, 3.63) is 40.4 Å². The number of amidine groups is 1. The lowest BCUT2D eigenvalue weighted by Crippen LogP contribution is -2.28. The molecule has 0 aromatic heterocycles. The number of carboxylic acids is 1. The van der Waals surface area contributed by atoms with E-state index in [1.165, 1.54) is 11.2 Å². The van der Waals surface area contributed by atoms with E-state index in [1.54, 1.807) is 25.1 Å². The second kappa shape index (κ2) is 6.77. The SMILES string of the molecule is C/C(N)=N/N(N)Cc1cc(Cl)ccc1/C=C/C(=O)O. The number of nitrogens with two attached hydrogens (primary N) is 2. The highest BCUT2D eigenvalue weighted by molar-refractivity contribution is 6.30. The smallest absolute Gasteiger partial charge is 0.328 e. The Bertz CT molecular complexity index is 524. The molecule has 0 atom stereocenters. The monoisotopic (exact) mass is 282 g/mol. The van der Waals surface area contributed by atoms with E-state index in [0.717, 1.165) is 11.6 Å². The molecular weight excluding hydrogens is 268 g/mol. The molecule has 1 rings (SSSR count). The van der Waals surface area contributed by atoms with Gasteiger partial charge in [0.1, 0.15) is 5.84 Å². The fourth-order valence-corrected chi connectivity index (χ4v) is 1.64. The fourth-order valence-electron chi connectivity index (χ4n) is 1.45. The van der Waals surface area contributed by atoms with Crippen LogP contribution in [0.5, 0.6) is 0 Å². The summed E-state index contributed by atoms with van der Waals surface area (Å²) in [6.45, 7) is 1.87. The van der Waals surface area contributed by atoms with Crippen LogP contribution in [-0.2, 0) is 11.3 Å². The molecule has 0 amide bonds. The molecule has 6 nitrogen and oxygen atoms in total. The molecule has 5 N–H and O–H groups in total. The summed E-state index contributed by atoms with van der Waals surface area (Å²) in [6, 6.07) is 5.08. The lowest BCUT2D eigenvalue weighted by atomic mass is 10.1. The minimum atomic E-state index is -1.03. The summed E-state index contributed by atoms with van der Waals surface area (Å²) in [5.41, 5.74) is 6.87. The standard InChI is InChI=1S/C12H15ClN4O2/c1-8(14)16-17(15)7-10-6-11(13)4-2-9(10)3-5-12(18)19/h2-6H,7,15H2,1H3,(H2,14,16)(H,18,19)/b5-3+. The van der Waals surface area contributed by atoms with E-state index in [1.807, 2.05) is 0 Å². The maximum absolute atomic E-state index is 10.5. The Kier molecular flexibility index (Phi) is 5.35. The molecule has 0 heterocycles. The van der Waals surface area contributed by atoms with E-state index in [-0.39, 0.29) is 6.54 Å². The van der Waals surface area contributed by atoms with Crippen molar-refractivity contribution < 1.29 is 9.90 Å². The van der Waals surface area contributed by atoms with Gasteiger partial charge in [0.25, 0.3) is 0 Å². The van der Waals surface area contributed by atoms with Crippen LogP contribution < -0.4 is 11.6 Å². The van der Waals surface area contributed by atoms with Crippen molar-refractivity contribution in [1.29, 1.82) is 0 Å². The van der Waals surface area contributed by atoms with Gasteiger partial charge in [0.2, 0.25) is 0 Å². The number of aliphatic carboxylic acids is 1. The minimum absolute atomic E-state index is 0.258. The van der Waals surface area contributed by atoms with Crippen molar-refractivity contribution in [2.24, 2.45) is 16.7 Å². The Balaban J connectivity index is 3.00. The number of hydrazine groups is 1. The molecule has 1 aromatic carbocycles. The van der Waals surface area contributed by atoms with E-state index in [4.69, 9.17) is 28.3 Å². The van der Waals surface area contributed by atoms with Gasteiger partial charge in [-0.25, -0.2) is 15.8 Å². The van der Waals surface area contributed by atoms with Gasteiger partial charge in [-0.2, -0.15) is 0 Å². The average Bonchev–Trinajstić information content (AvgIpc) is 2.26. The number of carbonyl (C=O) groups is 1. The van der Waals surface area contributed by atoms with Crippen molar-refractivity contribution in [1.82, 2.24) is 5.12 Å². The second-order valence-corrected chi connectivity index (χ2v) is 4.29. The normalized spacial score (nSPS) is 11.8. The number of hydrogen-bond acceptors (Lipinski definition) is 4. The van der Waals surface area contributed by atoms with E-state index in [2.05, 4.69) is 5.10 Å². The summed E-state index contributed by atoms with van der Waals surface area (Å²) >= 11 is 5.91. The highest BCUT2D eigenvalue weighted by Crippen LogP contribution is 2.18. The molecule has 0 saturated carbocycles. The lowest BCUT2D eigenvalue weighted by Gasteiger charge is -2.15. The Morgan fingerprint density at radius 2 is 2.26 bits per heavy atom. The first-order valence-corrected chi connectivity index (χ1v) is 5.78. The Morgan fingerprint density at radius 1 is 1.58 bits per heavy atom. The van der Waals surface area contributed by atoms with Gasteiger partial charge in [-0.05, 0) is 36.3 Å². The molecule has 0 spiro atoms. The van der Waals surface area contributed by atoms with Crippen LogP contribution in [0.1, 0.15) is 18.1 Å². The van der Waals surface area contributed by atoms with Gasteiger partial charge in [-0.15, -0.1) is 5.10 Å². The molecule has 0 aliphatic heterocycles. The molecule has 19 heavy (non-hydrogen) atoms. The molecule has 0 bridgehead atoms. The van der Waals surface area contributed by atoms with Crippen molar-refractivity contribution in [3.8, 4) is 0 Å². The van der Waals surface area contributed by atoms with Gasteiger partial charge >= 0.3 is 5.97 Å². The fraction of sp³-hybridized carbons (Fsp3) is 0.167. The predicted octanol–water partition coefficient (Wildman–Crippen LogP) is 1.41. The van der Waals surface area contributed by atoms with Crippen LogP contribution in [0.25, 0.3) is 6.08 Å². The summed E-state index contributed by atoms with van der Waals surface area (Å²) in [7, 11) is 0. The maximum atomic E-state index is 10.5. The number of nitrogens with zero attached hydrogens (tertiary/aromatic N) is 2. The quantitative estimate of drug-likeness (QED) is 0.249.